The van der Waals surface area contributed by atoms with Crippen molar-refractivity contribution in [3.8, 4) is 0 Å². The van der Waals surface area contributed by atoms with Crippen LogP contribution in [0.25, 0.3) is 0 Å². The van der Waals surface area contributed by atoms with E-state index in [9.17, 15) is 0 Å². The summed E-state index contributed by atoms with van der Waals surface area (Å²) in [7, 11) is 0. The number of benzene rings is 2. The molecule has 0 bridgehead atoms. The first-order chi connectivity index (χ1) is 10.8. The molecule has 2 aromatic carbocycles. The van der Waals surface area contributed by atoms with Crippen LogP contribution in [0.3, 0.4) is 0 Å². The van der Waals surface area contributed by atoms with Crippen LogP contribution in [0.2, 0.25) is 0 Å². The summed E-state index contributed by atoms with van der Waals surface area (Å²) in [5.74, 6) is 0.847. The average Bonchev–Trinajstić information content (AvgIpc) is 3.01. The summed E-state index contributed by atoms with van der Waals surface area (Å²) < 4.78 is 1.71. The van der Waals surface area contributed by atoms with Gasteiger partial charge in [0, 0.05) is 5.75 Å². The van der Waals surface area contributed by atoms with Gasteiger partial charge in [-0.1, -0.05) is 66.4 Å². The summed E-state index contributed by atoms with van der Waals surface area (Å²) in [5, 5.41) is 13.3. The van der Waals surface area contributed by atoms with Crippen LogP contribution >= 0.6 is 11.8 Å². The van der Waals surface area contributed by atoms with Gasteiger partial charge in [-0.25, -0.2) is 0 Å². The minimum atomic E-state index is 0.786. The van der Waals surface area contributed by atoms with Crippen LogP contribution in [0.4, 0.5) is 0 Å². The van der Waals surface area contributed by atoms with Gasteiger partial charge in [0.2, 0.25) is 5.16 Å². The van der Waals surface area contributed by atoms with E-state index in [2.05, 4.69) is 40.4 Å². The molecular weight excluding hydrogens is 292 g/mol. The number of aryl methyl sites for hydroxylation is 1. The lowest BCUT2D eigenvalue weighted by Crippen LogP contribution is -1.94. The molecule has 5 heteroatoms. The SMILES string of the molecule is Cc1ccccc1/C=N\n1cnnc1SCc1ccccc1. The molecule has 4 nitrogen and oxygen atoms in total. The zero-order valence-electron chi connectivity index (χ0n) is 12.3. The fourth-order valence-electron chi connectivity index (χ4n) is 1.97. The first kappa shape index (κ1) is 14.5. The summed E-state index contributed by atoms with van der Waals surface area (Å²) in [4.78, 5) is 0. The maximum atomic E-state index is 4.46. The van der Waals surface area contributed by atoms with Crippen LogP contribution in [-0.2, 0) is 5.75 Å². The van der Waals surface area contributed by atoms with Crippen LogP contribution in [0.1, 0.15) is 16.7 Å². The maximum Gasteiger partial charge on any atom is 0.212 e. The van der Waals surface area contributed by atoms with Crippen LogP contribution in [0.5, 0.6) is 0 Å². The predicted octanol–water partition coefficient (Wildman–Crippen LogP) is 3.76. The molecule has 0 amide bonds. The first-order valence-electron chi connectivity index (χ1n) is 6.99. The van der Waals surface area contributed by atoms with Gasteiger partial charge in [0.1, 0.15) is 6.33 Å². The number of thioether (sulfide) groups is 1. The molecule has 0 atom stereocenters. The third-order valence-electron chi connectivity index (χ3n) is 3.22. The monoisotopic (exact) mass is 308 g/mol. The summed E-state index contributed by atoms with van der Waals surface area (Å²) in [6.07, 6.45) is 3.47. The van der Waals surface area contributed by atoms with Gasteiger partial charge in [-0.2, -0.15) is 9.78 Å². The van der Waals surface area contributed by atoms with E-state index in [1.165, 1.54) is 11.1 Å². The molecule has 0 spiro atoms. The van der Waals surface area contributed by atoms with Gasteiger partial charge in [0.25, 0.3) is 0 Å². The molecule has 0 fully saturated rings. The van der Waals surface area contributed by atoms with Crippen LogP contribution in [0, 0.1) is 6.92 Å². The lowest BCUT2D eigenvalue weighted by Gasteiger charge is -2.02. The molecule has 0 N–H and O–H groups in total. The smallest absolute Gasteiger partial charge is 0.195 e. The minimum Gasteiger partial charge on any atom is -0.195 e. The molecule has 110 valence electrons. The van der Waals surface area contributed by atoms with Gasteiger partial charge < -0.3 is 0 Å². The molecule has 0 aliphatic heterocycles. The molecule has 0 aliphatic rings. The highest BCUT2D eigenvalue weighted by molar-refractivity contribution is 7.98. The predicted molar refractivity (Wildman–Crippen MR) is 90.2 cm³/mol. The minimum absolute atomic E-state index is 0.786. The molecule has 3 rings (SSSR count). The Morgan fingerprint density at radius 3 is 2.68 bits per heavy atom. The molecule has 1 aromatic heterocycles. The molecule has 0 saturated heterocycles. The van der Waals surface area contributed by atoms with Gasteiger partial charge in [0.05, 0.1) is 6.21 Å². The Bertz CT molecular complexity index is 765. The Kier molecular flexibility index (Phi) is 4.65. The summed E-state index contributed by atoms with van der Waals surface area (Å²) in [5.41, 5.74) is 3.54. The molecule has 0 radical (unpaired) electrons. The summed E-state index contributed by atoms with van der Waals surface area (Å²) in [6, 6.07) is 18.4. The van der Waals surface area contributed by atoms with Crippen molar-refractivity contribution in [2.45, 2.75) is 17.8 Å². The van der Waals surface area contributed by atoms with Gasteiger partial charge in [-0.05, 0) is 23.6 Å². The average molecular weight is 308 g/mol. The van der Waals surface area contributed by atoms with E-state index in [-0.39, 0.29) is 0 Å². The van der Waals surface area contributed by atoms with Crippen molar-refractivity contribution >= 4 is 18.0 Å². The topological polar surface area (TPSA) is 43.1 Å². The number of hydrogen-bond donors (Lipinski definition) is 0. The highest BCUT2D eigenvalue weighted by atomic mass is 32.2. The van der Waals surface area contributed by atoms with E-state index < -0.39 is 0 Å². The van der Waals surface area contributed by atoms with Crippen molar-refractivity contribution in [1.82, 2.24) is 14.9 Å². The van der Waals surface area contributed by atoms with E-state index in [0.717, 1.165) is 16.5 Å². The van der Waals surface area contributed by atoms with Crippen LogP contribution in [0.15, 0.2) is 71.2 Å². The van der Waals surface area contributed by atoms with E-state index in [0.29, 0.717) is 0 Å². The highest BCUT2D eigenvalue weighted by Gasteiger charge is 2.04. The highest BCUT2D eigenvalue weighted by Crippen LogP contribution is 2.20. The zero-order valence-corrected chi connectivity index (χ0v) is 13.1. The Morgan fingerprint density at radius 2 is 1.86 bits per heavy atom. The Labute approximate surface area is 133 Å². The van der Waals surface area contributed by atoms with Crippen molar-refractivity contribution in [3.05, 3.63) is 77.6 Å². The normalized spacial score (nSPS) is 11.1. The van der Waals surface area contributed by atoms with E-state index >= 15 is 0 Å². The van der Waals surface area contributed by atoms with E-state index in [1.54, 1.807) is 22.8 Å². The quantitative estimate of drug-likeness (QED) is 0.532. The van der Waals surface area contributed by atoms with E-state index in [1.807, 2.05) is 42.6 Å². The van der Waals surface area contributed by atoms with Gasteiger partial charge in [-0.3, -0.25) is 0 Å². The summed E-state index contributed by atoms with van der Waals surface area (Å²) >= 11 is 1.62. The second-order valence-corrected chi connectivity index (χ2v) is 5.78. The van der Waals surface area contributed by atoms with E-state index in [4.69, 9.17) is 0 Å². The second kappa shape index (κ2) is 7.04. The Hall–Kier alpha value is -2.40. The van der Waals surface area contributed by atoms with Crippen molar-refractivity contribution in [3.63, 3.8) is 0 Å². The van der Waals surface area contributed by atoms with Crippen molar-refractivity contribution in [2.24, 2.45) is 5.10 Å². The number of rotatable bonds is 5. The Balaban J connectivity index is 1.71. The number of hydrogen-bond acceptors (Lipinski definition) is 4. The molecule has 0 saturated carbocycles. The largest absolute Gasteiger partial charge is 0.212 e. The van der Waals surface area contributed by atoms with Gasteiger partial charge >= 0.3 is 0 Å². The number of aromatic nitrogens is 3. The molecule has 22 heavy (non-hydrogen) atoms. The van der Waals surface area contributed by atoms with Gasteiger partial charge in [0.15, 0.2) is 0 Å². The lowest BCUT2D eigenvalue weighted by molar-refractivity contribution is 0.767. The lowest BCUT2D eigenvalue weighted by atomic mass is 10.1. The number of nitrogens with zero attached hydrogens (tertiary/aromatic N) is 4. The molecular formula is C17H16N4S. The Morgan fingerprint density at radius 1 is 1.09 bits per heavy atom. The van der Waals surface area contributed by atoms with Gasteiger partial charge in [-0.15, -0.1) is 10.2 Å². The summed E-state index contributed by atoms with van der Waals surface area (Å²) in [6.45, 7) is 2.07. The molecule has 1 heterocycles. The third-order valence-corrected chi connectivity index (χ3v) is 4.23. The third kappa shape index (κ3) is 3.62. The second-order valence-electron chi connectivity index (χ2n) is 4.83. The van der Waals surface area contributed by atoms with Crippen molar-refractivity contribution in [1.29, 1.82) is 0 Å². The van der Waals surface area contributed by atoms with Crippen molar-refractivity contribution in [2.75, 3.05) is 0 Å². The first-order valence-corrected chi connectivity index (χ1v) is 7.98. The molecule has 0 aliphatic carbocycles. The zero-order chi connectivity index (χ0) is 15.2. The molecule has 0 unspecified atom stereocenters. The fraction of sp³-hybridized carbons (Fsp3) is 0.118. The molecule has 3 aromatic rings. The van der Waals surface area contributed by atoms with Crippen LogP contribution < -0.4 is 0 Å². The van der Waals surface area contributed by atoms with Crippen LogP contribution in [-0.4, -0.2) is 21.1 Å². The maximum absolute atomic E-state index is 4.46. The fourth-order valence-corrected chi connectivity index (χ4v) is 2.79. The standard InChI is InChI=1S/C17H16N4S/c1-14-7-5-6-10-16(14)11-19-21-13-18-20-17(21)22-12-15-8-3-2-4-9-15/h2-11,13H,12H2,1H3/b19-11-. The van der Waals surface area contributed by atoms with Crippen molar-refractivity contribution < 1.29 is 0 Å².